The molecule has 3 aromatic rings. The van der Waals surface area contributed by atoms with Gasteiger partial charge in [0.2, 0.25) is 0 Å². The van der Waals surface area contributed by atoms with Gasteiger partial charge in [-0.05, 0) is 84.0 Å². The molecule has 154 valence electrons. The first-order valence-corrected chi connectivity index (χ1v) is 10.5. The van der Waals surface area contributed by atoms with Crippen molar-refractivity contribution in [3.63, 3.8) is 0 Å². The number of nitrogens with one attached hydrogen (secondary N) is 1. The highest BCUT2D eigenvalue weighted by molar-refractivity contribution is 14.1. The van der Waals surface area contributed by atoms with Gasteiger partial charge in [0, 0.05) is 11.9 Å². The van der Waals surface area contributed by atoms with Gasteiger partial charge >= 0.3 is 0 Å². The molecule has 0 atom stereocenters. The zero-order valence-corrected chi connectivity index (χ0v) is 19.3. The lowest BCUT2D eigenvalue weighted by molar-refractivity contribution is -0.118. The molecule has 0 unspecified atom stereocenters. The lowest BCUT2D eigenvalue weighted by Gasteiger charge is -2.13. The molecule has 0 aliphatic rings. The Kier molecular flexibility index (Phi) is 7.46. The maximum atomic E-state index is 12.3. The highest BCUT2D eigenvalue weighted by atomic mass is 127. The number of aryl methyl sites for hydroxylation is 2. The first kappa shape index (κ1) is 21.8. The van der Waals surface area contributed by atoms with Gasteiger partial charge < -0.3 is 14.8 Å². The number of carbonyl (C=O) groups excluding carboxylic acids is 1. The highest BCUT2D eigenvalue weighted by Gasteiger charge is 2.13. The second kappa shape index (κ2) is 10.2. The molecule has 0 aliphatic heterocycles. The number of anilines is 1. The molecule has 30 heavy (non-hydrogen) atoms. The van der Waals surface area contributed by atoms with E-state index in [2.05, 4.69) is 32.9 Å². The molecule has 5 nitrogen and oxygen atoms in total. The van der Waals surface area contributed by atoms with Crippen molar-refractivity contribution in [2.45, 2.75) is 13.8 Å². The normalized spacial score (nSPS) is 10.8. The predicted molar refractivity (Wildman–Crippen MR) is 129 cm³/mol. The van der Waals surface area contributed by atoms with Gasteiger partial charge in [0.25, 0.3) is 5.91 Å². The van der Waals surface area contributed by atoms with Crippen molar-refractivity contribution < 1.29 is 14.3 Å². The van der Waals surface area contributed by atoms with Crippen LogP contribution in [-0.4, -0.2) is 25.8 Å². The molecular formula is C24H23IN2O3. The van der Waals surface area contributed by atoms with Gasteiger partial charge in [-0.1, -0.05) is 29.8 Å². The summed E-state index contributed by atoms with van der Waals surface area (Å²) in [6.45, 7) is 3.90. The zero-order valence-electron chi connectivity index (χ0n) is 17.1. The second-order valence-corrected chi connectivity index (χ2v) is 8.00. The summed E-state index contributed by atoms with van der Waals surface area (Å²) in [5.74, 6) is 0.851. The van der Waals surface area contributed by atoms with Crippen molar-refractivity contribution in [1.82, 2.24) is 0 Å². The van der Waals surface area contributed by atoms with Crippen LogP contribution in [0.5, 0.6) is 11.5 Å². The second-order valence-electron chi connectivity index (χ2n) is 6.83. The highest BCUT2D eigenvalue weighted by Crippen LogP contribution is 2.33. The monoisotopic (exact) mass is 514 g/mol. The molecular weight excluding hydrogens is 491 g/mol. The van der Waals surface area contributed by atoms with Crippen LogP contribution in [0.2, 0.25) is 0 Å². The first-order chi connectivity index (χ1) is 14.4. The fourth-order valence-electron chi connectivity index (χ4n) is 2.79. The van der Waals surface area contributed by atoms with Crippen molar-refractivity contribution in [2.75, 3.05) is 19.0 Å². The SMILES string of the molecule is COc1cc(C=Nc2ccc(C)cc2)cc(I)c1OCC(=O)Nc1cccc(C)c1. The number of benzene rings is 3. The van der Waals surface area contributed by atoms with Crippen LogP contribution in [0.1, 0.15) is 16.7 Å². The van der Waals surface area contributed by atoms with Gasteiger partial charge in [-0.25, -0.2) is 0 Å². The number of hydrogen-bond donors (Lipinski definition) is 1. The van der Waals surface area contributed by atoms with Gasteiger partial charge in [0.15, 0.2) is 18.1 Å². The summed E-state index contributed by atoms with van der Waals surface area (Å²) < 4.78 is 12.1. The summed E-state index contributed by atoms with van der Waals surface area (Å²) in [5, 5.41) is 2.84. The van der Waals surface area contributed by atoms with Crippen molar-refractivity contribution in [1.29, 1.82) is 0 Å². The summed E-state index contributed by atoms with van der Waals surface area (Å²) in [5.41, 5.74) is 4.77. The zero-order chi connectivity index (χ0) is 21.5. The Morgan fingerprint density at radius 2 is 1.83 bits per heavy atom. The van der Waals surface area contributed by atoms with E-state index >= 15 is 0 Å². The van der Waals surface area contributed by atoms with E-state index in [1.165, 1.54) is 5.56 Å². The standard InChI is InChI=1S/C24H23IN2O3/c1-16-7-9-19(10-8-16)26-14-18-12-21(25)24(22(13-18)29-3)30-15-23(28)27-20-6-4-5-17(2)11-20/h4-14H,15H2,1-3H3,(H,27,28). The minimum atomic E-state index is -0.233. The molecule has 0 radical (unpaired) electrons. The Balaban J connectivity index is 1.69. The van der Waals surface area contributed by atoms with Crippen LogP contribution in [0, 0.1) is 17.4 Å². The van der Waals surface area contributed by atoms with Crippen molar-refractivity contribution in [3.8, 4) is 11.5 Å². The average molecular weight is 514 g/mol. The molecule has 0 spiro atoms. The van der Waals surface area contributed by atoms with Gasteiger partial charge in [-0.3, -0.25) is 9.79 Å². The first-order valence-electron chi connectivity index (χ1n) is 9.42. The van der Waals surface area contributed by atoms with E-state index in [1.54, 1.807) is 13.3 Å². The van der Waals surface area contributed by atoms with E-state index < -0.39 is 0 Å². The summed E-state index contributed by atoms with van der Waals surface area (Å²) in [7, 11) is 1.58. The van der Waals surface area contributed by atoms with Crippen molar-refractivity contribution >= 4 is 46.1 Å². The lowest BCUT2D eigenvalue weighted by atomic mass is 10.2. The summed E-state index contributed by atoms with van der Waals surface area (Å²) in [4.78, 5) is 16.8. The van der Waals surface area contributed by atoms with Crippen LogP contribution in [0.3, 0.4) is 0 Å². The smallest absolute Gasteiger partial charge is 0.262 e. The molecule has 1 N–H and O–H groups in total. The molecule has 0 saturated carbocycles. The van der Waals surface area contributed by atoms with E-state index in [4.69, 9.17) is 9.47 Å². The molecule has 0 heterocycles. The number of hydrogen-bond acceptors (Lipinski definition) is 4. The average Bonchev–Trinajstić information content (AvgIpc) is 2.72. The van der Waals surface area contributed by atoms with Crippen molar-refractivity contribution in [2.24, 2.45) is 4.99 Å². The lowest BCUT2D eigenvalue weighted by Crippen LogP contribution is -2.20. The molecule has 0 fully saturated rings. The third-order valence-corrected chi connectivity index (χ3v) is 5.10. The van der Waals surface area contributed by atoms with Crippen LogP contribution >= 0.6 is 22.6 Å². The number of rotatable bonds is 7. The number of ether oxygens (including phenoxy) is 2. The third kappa shape index (κ3) is 6.06. The molecule has 0 saturated heterocycles. The minimum absolute atomic E-state index is 0.114. The van der Waals surface area contributed by atoms with Gasteiger partial charge in [0.1, 0.15) is 0 Å². The molecule has 6 heteroatoms. The van der Waals surface area contributed by atoms with Crippen LogP contribution < -0.4 is 14.8 Å². The van der Waals surface area contributed by atoms with Gasteiger partial charge in [0.05, 0.1) is 16.4 Å². The Morgan fingerprint density at radius 1 is 1.07 bits per heavy atom. The Labute approximate surface area is 190 Å². The minimum Gasteiger partial charge on any atom is -0.493 e. The van der Waals surface area contributed by atoms with E-state index in [0.717, 1.165) is 26.1 Å². The van der Waals surface area contributed by atoms with Gasteiger partial charge in [-0.2, -0.15) is 0 Å². The Morgan fingerprint density at radius 3 is 2.53 bits per heavy atom. The van der Waals surface area contributed by atoms with Crippen LogP contribution in [0.4, 0.5) is 11.4 Å². The predicted octanol–water partition coefficient (Wildman–Crippen LogP) is 5.68. The van der Waals surface area contributed by atoms with Gasteiger partial charge in [-0.15, -0.1) is 0 Å². The summed E-state index contributed by atoms with van der Waals surface area (Å²) in [6, 6.07) is 19.4. The third-order valence-electron chi connectivity index (χ3n) is 4.30. The number of carbonyl (C=O) groups is 1. The number of halogens is 1. The largest absolute Gasteiger partial charge is 0.493 e. The summed E-state index contributed by atoms with van der Waals surface area (Å²) >= 11 is 2.17. The van der Waals surface area contributed by atoms with Crippen molar-refractivity contribution in [3.05, 3.63) is 80.9 Å². The maximum Gasteiger partial charge on any atom is 0.262 e. The van der Waals surface area contributed by atoms with E-state index in [9.17, 15) is 4.79 Å². The number of nitrogens with zero attached hydrogens (tertiary/aromatic N) is 1. The quantitative estimate of drug-likeness (QED) is 0.326. The van der Waals surface area contributed by atoms with E-state index in [1.807, 2.05) is 74.5 Å². The van der Waals surface area contributed by atoms with E-state index in [0.29, 0.717) is 11.5 Å². The molecule has 0 bridgehead atoms. The fourth-order valence-corrected chi connectivity index (χ4v) is 3.57. The molecule has 1 amide bonds. The molecule has 3 aromatic carbocycles. The molecule has 0 aliphatic carbocycles. The topological polar surface area (TPSA) is 59.9 Å². The van der Waals surface area contributed by atoms with E-state index in [-0.39, 0.29) is 12.5 Å². The number of aliphatic imine (C=N–C) groups is 1. The molecule has 0 aromatic heterocycles. The fraction of sp³-hybridized carbons (Fsp3) is 0.167. The Bertz CT molecular complexity index is 1060. The number of amides is 1. The van der Waals surface area contributed by atoms with Crippen LogP contribution in [0.15, 0.2) is 65.7 Å². The molecule has 3 rings (SSSR count). The van der Waals surface area contributed by atoms with Crippen LogP contribution in [-0.2, 0) is 4.79 Å². The maximum absolute atomic E-state index is 12.3. The number of methoxy groups -OCH3 is 1. The Hall–Kier alpha value is -2.87. The van der Waals surface area contributed by atoms with Crippen LogP contribution in [0.25, 0.3) is 0 Å². The summed E-state index contributed by atoms with van der Waals surface area (Å²) in [6.07, 6.45) is 1.78.